The van der Waals surface area contributed by atoms with E-state index in [2.05, 4.69) is 15.6 Å². The Kier molecular flexibility index (Phi) is 5.11. The highest BCUT2D eigenvalue weighted by molar-refractivity contribution is 6.30. The Balaban J connectivity index is 1.60. The molecule has 126 valence electrons. The summed E-state index contributed by atoms with van der Waals surface area (Å²) in [6.07, 6.45) is 3.09. The maximum atomic E-state index is 12.0. The molecule has 0 aliphatic rings. The minimum atomic E-state index is -0.429. The molecule has 0 atom stereocenters. The van der Waals surface area contributed by atoms with Crippen LogP contribution in [0, 0.1) is 0 Å². The molecule has 3 rings (SSSR count). The van der Waals surface area contributed by atoms with Crippen LogP contribution in [0.25, 0.3) is 0 Å². The number of hydrazone groups is 1. The van der Waals surface area contributed by atoms with Gasteiger partial charge < -0.3 is 5.11 Å². The van der Waals surface area contributed by atoms with E-state index in [1.54, 1.807) is 41.2 Å². The number of carbonyl (C=O) groups excluding carboxylic acids is 1. The molecular weight excluding hydrogens is 340 g/mol. The van der Waals surface area contributed by atoms with Gasteiger partial charge in [0.25, 0.3) is 5.91 Å². The number of benzene rings is 2. The third-order valence-electron chi connectivity index (χ3n) is 3.44. The standard InChI is InChI=1S/C18H15ClN4O2/c19-15-7-5-13(6-8-15)12-23-10-9-16(22-23)18(25)21-20-11-14-3-1-2-4-17(14)24/h1-11,24H,12H2,(H,21,25)/b20-11+. The van der Waals surface area contributed by atoms with Gasteiger partial charge in [0.2, 0.25) is 0 Å². The fourth-order valence-electron chi connectivity index (χ4n) is 2.16. The highest BCUT2D eigenvalue weighted by Crippen LogP contribution is 2.12. The number of hydrogen-bond donors (Lipinski definition) is 2. The summed E-state index contributed by atoms with van der Waals surface area (Å²) in [5.41, 5.74) is 4.17. The van der Waals surface area contributed by atoms with Gasteiger partial charge in [0.05, 0.1) is 12.8 Å². The predicted molar refractivity (Wildman–Crippen MR) is 95.9 cm³/mol. The summed E-state index contributed by atoms with van der Waals surface area (Å²) < 4.78 is 1.66. The quantitative estimate of drug-likeness (QED) is 0.546. The molecular formula is C18H15ClN4O2. The van der Waals surface area contributed by atoms with Gasteiger partial charge in [-0.25, -0.2) is 5.43 Å². The lowest BCUT2D eigenvalue weighted by Gasteiger charge is -2.02. The average molecular weight is 355 g/mol. The smallest absolute Gasteiger partial charge is 0.291 e. The second kappa shape index (κ2) is 7.63. The average Bonchev–Trinajstić information content (AvgIpc) is 3.07. The van der Waals surface area contributed by atoms with Crippen molar-refractivity contribution in [2.75, 3.05) is 0 Å². The van der Waals surface area contributed by atoms with Gasteiger partial charge >= 0.3 is 0 Å². The molecule has 3 aromatic rings. The zero-order chi connectivity index (χ0) is 17.6. The van der Waals surface area contributed by atoms with Crippen LogP contribution >= 0.6 is 11.6 Å². The van der Waals surface area contributed by atoms with Crippen molar-refractivity contribution in [2.45, 2.75) is 6.54 Å². The molecule has 0 spiro atoms. The third kappa shape index (κ3) is 4.45. The molecule has 0 unspecified atom stereocenters. The fourth-order valence-corrected chi connectivity index (χ4v) is 2.29. The van der Waals surface area contributed by atoms with Crippen molar-refractivity contribution in [3.8, 4) is 5.75 Å². The van der Waals surface area contributed by atoms with Gasteiger partial charge in [0.15, 0.2) is 5.69 Å². The van der Waals surface area contributed by atoms with Gasteiger partial charge in [-0.05, 0) is 35.9 Å². The lowest BCUT2D eigenvalue weighted by atomic mass is 10.2. The number of para-hydroxylation sites is 1. The molecule has 0 saturated carbocycles. The van der Waals surface area contributed by atoms with Crippen molar-refractivity contribution in [1.82, 2.24) is 15.2 Å². The molecule has 0 radical (unpaired) electrons. The summed E-state index contributed by atoms with van der Waals surface area (Å²) in [5, 5.41) is 18.4. The fraction of sp³-hybridized carbons (Fsp3) is 0.0556. The number of halogens is 1. The minimum absolute atomic E-state index is 0.0905. The van der Waals surface area contributed by atoms with Gasteiger partial charge in [0, 0.05) is 16.8 Å². The van der Waals surface area contributed by atoms with Crippen LogP contribution in [0.4, 0.5) is 0 Å². The summed E-state index contributed by atoms with van der Waals surface area (Å²) in [7, 11) is 0. The van der Waals surface area contributed by atoms with Crippen molar-refractivity contribution in [1.29, 1.82) is 0 Å². The maximum Gasteiger partial charge on any atom is 0.291 e. The summed E-state index contributed by atoms with van der Waals surface area (Å²) in [6.45, 7) is 0.533. The highest BCUT2D eigenvalue weighted by atomic mass is 35.5. The second-order valence-electron chi connectivity index (χ2n) is 5.28. The van der Waals surface area contributed by atoms with E-state index in [1.807, 2.05) is 24.3 Å². The Morgan fingerprint density at radius 1 is 1.20 bits per heavy atom. The van der Waals surface area contributed by atoms with Crippen molar-refractivity contribution in [3.63, 3.8) is 0 Å². The summed E-state index contributed by atoms with van der Waals surface area (Å²) in [5.74, 6) is -0.339. The number of phenolic OH excluding ortho intramolecular Hbond substituents is 1. The zero-order valence-electron chi connectivity index (χ0n) is 13.1. The van der Waals surface area contributed by atoms with Crippen LogP contribution in [0.15, 0.2) is 65.9 Å². The Morgan fingerprint density at radius 3 is 2.72 bits per heavy atom. The topological polar surface area (TPSA) is 79.5 Å². The molecule has 7 heteroatoms. The van der Waals surface area contributed by atoms with Crippen LogP contribution in [0.2, 0.25) is 5.02 Å². The van der Waals surface area contributed by atoms with Crippen molar-refractivity contribution in [3.05, 3.63) is 82.6 Å². The van der Waals surface area contributed by atoms with Crippen LogP contribution in [0.1, 0.15) is 21.6 Å². The molecule has 0 aliphatic heterocycles. The molecule has 1 amide bonds. The molecule has 0 aliphatic carbocycles. The summed E-state index contributed by atoms with van der Waals surface area (Å²) >= 11 is 5.86. The molecule has 6 nitrogen and oxygen atoms in total. The first-order valence-corrected chi connectivity index (χ1v) is 7.89. The first kappa shape index (κ1) is 16.7. The molecule has 0 bridgehead atoms. The molecule has 0 fully saturated rings. The van der Waals surface area contributed by atoms with E-state index in [4.69, 9.17) is 11.6 Å². The number of carbonyl (C=O) groups is 1. The van der Waals surface area contributed by atoms with E-state index in [9.17, 15) is 9.90 Å². The molecule has 1 heterocycles. The number of aromatic nitrogens is 2. The number of nitrogens with zero attached hydrogens (tertiary/aromatic N) is 3. The number of rotatable bonds is 5. The Morgan fingerprint density at radius 2 is 1.96 bits per heavy atom. The van der Waals surface area contributed by atoms with Crippen molar-refractivity contribution >= 4 is 23.7 Å². The largest absolute Gasteiger partial charge is 0.507 e. The predicted octanol–water partition coefficient (Wildman–Crippen LogP) is 3.05. The number of nitrogens with one attached hydrogen (secondary N) is 1. The van der Waals surface area contributed by atoms with E-state index >= 15 is 0 Å². The Labute approximate surface area is 149 Å². The van der Waals surface area contributed by atoms with Crippen LogP contribution in [-0.4, -0.2) is 27.0 Å². The maximum absolute atomic E-state index is 12.0. The van der Waals surface area contributed by atoms with Gasteiger partial charge in [-0.1, -0.05) is 35.9 Å². The molecule has 2 N–H and O–H groups in total. The van der Waals surface area contributed by atoms with Crippen LogP contribution in [0.3, 0.4) is 0 Å². The second-order valence-corrected chi connectivity index (χ2v) is 5.72. The minimum Gasteiger partial charge on any atom is -0.507 e. The van der Waals surface area contributed by atoms with Gasteiger partial charge in [0.1, 0.15) is 5.75 Å². The van der Waals surface area contributed by atoms with Crippen LogP contribution < -0.4 is 5.43 Å². The number of amides is 1. The van der Waals surface area contributed by atoms with Crippen molar-refractivity contribution < 1.29 is 9.90 Å². The van der Waals surface area contributed by atoms with Gasteiger partial charge in [-0.15, -0.1) is 0 Å². The van der Waals surface area contributed by atoms with E-state index in [0.29, 0.717) is 17.1 Å². The van der Waals surface area contributed by atoms with Gasteiger partial charge in [-0.3, -0.25) is 9.48 Å². The SMILES string of the molecule is O=C(N/N=C/c1ccccc1O)c1ccn(Cc2ccc(Cl)cc2)n1. The van der Waals surface area contributed by atoms with Gasteiger partial charge in [-0.2, -0.15) is 10.2 Å². The number of hydrogen-bond acceptors (Lipinski definition) is 4. The van der Waals surface area contributed by atoms with Crippen LogP contribution in [-0.2, 0) is 6.54 Å². The molecule has 2 aromatic carbocycles. The first-order chi connectivity index (χ1) is 12.1. The van der Waals surface area contributed by atoms with E-state index in [-0.39, 0.29) is 11.4 Å². The monoisotopic (exact) mass is 354 g/mol. The normalized spacial score (nSPS) is 10.9. The highest BCUT2D eigenvalue weighted by Gasteiger charge is 2.08. The first-order valence-electron chi connectivity index (χ1n) is 7.51. The molecule has 1 aromatic heterocycles. The van der Waals surface area contributed by atoms with E-state index in [0.717, 1.165) is 5.56 Å². The summed E-state index contributed by atoms with van der Waals surface area (Å²) in [4.78, 5) is 12.0. The third-order valence-corrected chi connectivity index (χ3v) is 3.69. The molecule has 25 heavy (non-hydrogen) atoms. The van der Waals surface area contributed by atoms with E-state index < -0.39 is 5.91 Å². The Bertz CT molecular complexity index is 903. The Hall–Kier alpha value is -3.12. The van der Waals surface area contributed by atoms with Crippen molar-refractivity contribution in [2.24, 2.45) is 5.10 Å². The molecule has 0 saturated heterocycles. The lowest BCUT2D eigenvalue weighted by Crippen LogP contribution is -2.18. The van der Waals surface area contributed by atoms with Crippen LogP contribution in [0.5, 0.6) is 5.75 Å². The number of phenols is 1. The van der Waals surface area contributed by atoms with E-state index in [1.165, 1.54) is 6.21 Å². The lowest BCUT2D eigenvalue weighted by molar-refractivity contribution is 0.0949. The summed E-state index contributed by atoms with van der Waals surface area (Å²) in [6, 6.07) is 15.7. The zero-order valence-corrected chi connectivity index (χ0v) is 13.9. The number of aromatic hydroxyl groups is 1.